The summed E-state index contributed by atoms with van der Waals surface area (Å²) in [6.07, 6.45) is 2.82. The molecular weight excluding hydrogens is 222 g/mol. The second-order valence-electron chi connectivity index (χ2n) is 4.85. The predicted molar refractivity (Wildman–Crippen MR) is 61.5 cm³/mol. The van der Waals surface area contributed by atoms with Gasteiger partial charge < -0.3 is 21.1 Å². The number of nitrogens with one attached hydrogen (secondary N) is 1. The predicted octanol–water partition coefficient (Wildman–Crippen LogP) is 0.125. The van der Waals surface area contributed by atoms with Gasteiger partial charge in [0.25, 0.3) is 0 Å². The first-order valence-electron chi connectivity index (χ1n) is 6.12. The van der Waals surface area contributed by atoms with Crippen molar-refractivity contribution in [1.82, 2.24) is 10.2 Å². The molecule has 2 fully saturated rings. The zero-order chi connectivity index (χ0) is 12.4. The fourth-order valence-electron chi connectivity index (χ4n) is 3.04. The monoisotopic (exact) mass is 241 g/mol. The Kier molecular flexibility index (Phi) is 3.51. The Balaban J connectivity index is 1.91. The minimum atomic E-state index is -0.829. The van der Waals surface area contributed by atoms with E-state index in [1.54, 1.807) is 4.90 Å². The molecule has 0 saturated carbocycles. The summed E-state index contributed by atoms with van der Waals surface area (Å²) in [6, 6.07) is 0.269. The van der Waals surface area contributed by atoms with E-state index in [2.05, 4.69) is 5.32 Å². The summed E-state index contributed by atoms with van der Waals surface area (Å²) in [6.45, 7) is 0.354. The lowest BCUT2D eigenvalue weighted by Gasteiger charge is -2.37. The van der Waals surface area contributed by atoms with E-state index in [9.17, 15) is 9.59 Å². The minimum absolute atomic E-state index is 0.0272. The average Bonchev–Trinajstić information content (AvgIpc) is 2.51. The Bertz CT molecular complexity index is 307. The van der Waals surface area contributed by atoms with Gasteiger partial charge in [0.2, 0.25) is 5.91 Å². The van der Waals surface area contributed by atoms with Gasteiger partial charge in [-0.15, -0.1) is 0 Å². The van der Waals surface area contributed by atoms with Crippen molar-refractivity contribution in [2.24, 2.45) is 5.73 Å². The summed E-state index contributed by atoms with van der Waals surface area (Å²) in [7, 11) is 0. The molecule has 6 heteroatoms. The maximum atomic E-state index is 11.4. The SMILES string of the molecule is NCCC(=O)NC1CC2CCC(C1)N2C(=O)O. The van der Waals surface area contributed by atoms with Gasteiger partial charge in [-0.2, -0.15) is 0 Å². The quantitative estimate of drug-likeness (QED) is 0.654. The van der Waals surface area contributed by atoms with Crippen LogP contribution < -0.4 is 11.1 Å². The molecule has 0 radical (unpaired) electrons. The number of hydrogen-bond donors (Lipinski definition) is 3. The van der Waals surface area contributed by atoms with Crippen LogP contribution in [-0.2, 0) is 4.79 Å². The Morgan fingerprint density at radius 2 is 1.88 bits per heavy atom. The van der Waals surface area contributed by atoms with Crippen molar-refractivity contribution in [2.75, 3.05) is 6.54 Å². The normalized spacial score (nSPS) is 31.4. The summed E-state index contributed by atoms with van der Waals surface area (Å²) < 4.78 is 0. The number of piperidine rings is 1. The van der Waals surface area contributed by atoms with E-state index in [4.69, 9.17) is 10.8 Å². The fraction of sp³-hybridized carbons (Fsp3) is 0.818. The van der Waals surface area contributed by atoms with Crippen LogP contribution in [0.2, 0.25) is 0 Å². The van der Waals surface area contributed by atoms with Crippen molar-refractivity contribution >= 4 is 12.0 Å². The van der Waals surface area contributed by atoms with Gasteiger partial charge in [0.1, 0.15) is 0 Å². The highest BCUT2D eigenvalue weighted by Crippen LogP contribution is 2.35. The molecule has 2 unspecified atom stereocenters. The molecule has 2 aliphatic rings. The zero-order valence-electron chi connectivity index (χ0n) is 9.76. The summed E-state index contributed by atoms with van der Waals surface area (Å²) in [5, 5.41) is 12.0. The maximum absolute atomic E-state index is 11.4. The number of hydrogen-bond acceptors (Lipinski definition) is 3. The van der Waals surface area contributed by atoms with E-state index < -0.39 is 6.09 Å². The fourth-order valence-corrected chi connectivity index (χ4v) is 3.04. The van der Waals surface area contributed by atoms with Gasteiger partial charge in [-0.25, -0.2) is 4.79 Å². The number of carbonyl (C=O) groups excluding carboxylic acids is 1. The van der Waals surface area contributed by atoms with E-state index in [1.165, 1.54) is 0 Å². The Morgan fingerprint density at radius 3 is 2.35 bits per heavy atom. The second-order valence-corrected chi connectivity index (χ2v) is 4.85. The molecule has 17 heavy (non-hydrogen) atoms. The first kappa shape index (κ1) is 12.2. The van der Waals surface area contributed by atoms with E-state index >= 15 is 0 Å². The summed E-state index contributed by atoms with van der Waals surface area (Å²) in [4.78, 5) is 24.1. The topological polar surface area (TPSA) is 95.7 Å². The number of fused-ring (bicyclic) bond motifs is 2. The molecule has 2 rings (SSSR count). The van der Waals surface area contributed by atoms with Crippen LogP contribution in [0.3, 0.4) is 0 Å². The lowest BCUT2D eigenvalue weighted by Crippen LogP contribution is -2.52. The van der Waals surface area contributed by atoms with Crippen LogP contribution in [0.25, 0.3) is 0 Å². The molecule has 6 nitrogen and oxygen atoms in total. The third-order valence-electron chi connectivity index (χ3n) is 3.69. The molecule has 2 saturated heterocycles. The molecule has 0 aliphatic carbocycles. The summed E-state index contributed by atoms with van der Waals surface area (Å²) in [5.41, 5.74) is 5.32. The highest BCUT2D eigenvalue weighted by atomic mass is 16.4. The van der Waals surface area contributed by atoms with Gasteiger partial charge in [-0.3, -0.25) is 4.79 Å². The van der Waals surface area contributed by atoms with Crippen molar-refractivity contribution < 1.29 is 14.7 Å². The van der Waals surface area contributed by atoms with Crippen LogP contribution in [-0.4, -0.2) is 46.7 Å². The molecule has 2 heterocycles. The number of nitrogens with two attached hydrogens (primary N) is 1. The van der Waals surface area contributed by atoms with Crippen LogP contribution >= 0.6 is 0 Å². The van der Waals surface area contributed by atoms with E-state index in [-0.39, 0.29) is 24.0 Å². The van der Waals surface area contributed by atoms with Gasteiger partial charge in [0, 0.05) is 31.1 Å². The van der Waals surface area contributed by atoms with Crippen LogP contribution in [0.15, 0.2) is 0 Å². The highest BCUT2D eigenvalue weighted by molar-refractivity contribution is 5.76. The van der Waals surface area contributed by atoms with Gasteiger partial charge in [-0.1, -0.05) is 0 Å². The average molecular weight is 241 g/mol. The lowest BCUT2D eigenvalue weighted by atomic mass is 9.97. The molecular formula is C11H19N3O3. The van der Waals surface area contributed by atoms with Crippen molar-refractivity contribution in [2.45, 2.75) is 50.2 Å². The van der Waals surface area contributed by atoms with Gasteiger partial charge >= 0.3 is 6.09 Å². The van der Waals surface area contributed by atoms with E-state index in [1.807, 2.05) is 0 Å². The molecule has 96 valence electrons. The Hall–Kier alpha value is -1.30. The van der Waals surface area contributed by atoms with Gasteiger partial charge in [-0.05, 0) is 25.7 Å². The molecule has 2 atom stereocenters. The van der Waals surface area contributed by atoms with E-state index in [0.29, 0.717) is 13.0 Å². The Labute approximate surface area is 100 Å². The maximum Gasteiger partial charge on any atom is 0.407 e. The number of carbonyl (C=O) groups is 2. The number of rotatable bonds is 3. The van der Waals surface area contributed by atoms with Crippen molar-refractivity contribution in [3.8, 4) is 0 Å². The van der Waals surface area contributed by atoms with E-state index in [0.717, 1.165) is 25.7 Å². The molecule has 0 aromatic carbocycles. The molecule has 0 spiro atoms. The van der Waals surface area contributed by atoms with Crippen LogP contribution in [0, 0.1) is 0 Å². The zero-order valence-corrected chi connectivity index (χ0v) is 9.76. The number of amides is 2. The largest absolute Gasteiger partial charge is 0.465 e. The smallest absolute Gasteiger partial charge is 0.407 e. The van der Waals surface area contributed by atoms with Gasteiger partial charge in [0.05, 0.1) is 0 Å². The second kappa shape index (κ2) is 4.91. The molecule has 2 amide bonds. The first-order valence-corrected chi connectivity index (χ1v) is 6.12. The van der Waals surface area contributed by atoms with Crippen molar-refractivity contribution in [3.05, 3.63) is 0 Å². The lowest BCUT2D eigenvalue weighted by molar-refractivity contribution is -0.122. The van der Waals surface area contributed by atoms with Crippen LogP contribution in [0.4, 0.5) is 4.79 Å². The summed E-state index contributed by atoms with van der Waals surface area (Å²) in [5.74, 6) is -0.0272. The third kappa shape index (κ3) is 2.52. The minimum Gasteiger partial charge on any atom is -0.465 e. The van der Waals surface area contributed by atoms with Crippen LogP contribution in [0.5, 0.6) is 0 Å². The Morgan fingerprint density at radius 1 is 1.29 bits per heavy atom. The standard InChI is InChI=1S/C11H19N3O3/c12-4-3-10(15)13-7-5-8-1-2-9(6-7)14(8)11(16)17/h7-9H,1-6,12H2,(H,13,15)(H,16,17). The number of nitrogens with zero attached hydrogens (tertiary/aromatic N) is 1. The molecule has 4 N–H and O–H groups in total. The van der Waals surface area contributed by atoms with Crippen LogP contribution in [0.1, 0.15) is 32.1 Å². The molecule has 2 aliphatic heterocycles. The molecule has 0 aromatic heterocycles. The van der Waals surface area contributed by atoms with Crippen molar-refractivity contribution in [1.29, 1.82) is 0 Å². The third-order valence-corrected chi connectivity index (χ3v) is 3.69. The van der Waals surface area contributed by atoms with Crippen molar-refractivity contribution in [3.63, 3.8) is 0 Å². The highest BCUT2D eigenvalue weighted by Gasteiger charge is 2.43. The summed E-state index contributed by atoms with van der Waals surface area (Å²) >= 11 is 0. The molecule has 0 aromatic rings. The first-order chi connectivity index (χ1) is 8.11. The van der Waals surface area contributed by atoms with Gasteiger partial charge in [0.15, 0.2) is 0 Å². The number of carboxylic acid groups (broad SMARTS) is 1. The molecule has 2 bridgehead atoms.